The number of rotatable bonds is 12. The van der Waals surface area contributed by atoms with Gasteiger partial charge in [0.15, 0.2) is 0 Å². The number of nitrogens with zero attached hydrogens (tertiary/aromatic N) is 2. The van der Waals surface area contributed by atoms with Crippen molar-refractivity contribution in [1.29, 1.82) is 0 Å². The van der Waals surface area contributed by atoms with Gasteiger partial charge in [0.1, 0.15) is 23.1 Å². The van der Waals surface area contributed by atoms with E-state index in [1.54, 1.807) is 25.6 Å². The Labute approximate surface area is 199 Å². The van der Waals surface area contributed by atoms with Crippen molar-refractivity contribution in [2.75, 3.05) is 27.4 Å². The second kappa shape index (κ2) is 11.9. The molecule has 2 aromatic heterocycles. The predicted octanol–water partition coefficient (Wildman–Crippen LogP) is 4.93. The maximum absolute atomic E-state index is 12.8. The fourth-order valence-corrected chi connectivity index (χ4v) is 4.15. The van der Waals surface area contributed by atoms with E-state index in [4.69, 9.17) is 19.2 Å². The second-order valence-electron chi connectivity index (χ2n) is 8.22. The summed E-state index contributed by atoms with van der Waals surface area (Å²) < 4.78 is 18.4. The summed E-state index contributed by atoms with van der Waals surface area (Å²) in [5, 5.41) is 5.91. The number of amides is 1. The number of thiazole rings is 1. The summed E-state index contributed by atoms with van der Waals surface area (Å²) >= 11 is 1.55. The third-order valence-corrected chi connectivity index (χ3v) is 6.07. The van der Waals surface area contributed by atoms with E-state index in [0.717, 1.165) is 46.6 Å². The van der Waals surface area contributed by atoms with Crippen LogP contribution in [0.2, 0.25) is 0 Å². The fourth-order valence-electron chi connectivity index (χ4n) is 3.45. The van der Waals surface area contributed by atoms with Crippen LogP contribution in [0, 0.1) is 12.8 Å². The van der Waals surface area contributed by atoms with E-state index in [-0.39, 0.29) is 5.91 Å². The van der Waals surface area contributed by atoms with Crippen molar-refractivity contribution in [2.24, 2.45) is 5.92 Å². The van der Waals surface area contributed by atoms with Crippen LogP contribution in [0.3, 0.4) is 0 Å². The van der Waals surface area contributed by atoms with Gasteiger partial charge in [0.05, 0.1) is 24.1 Å². The molecule has 0 bridgehead atoms. The maximum Gasteiger partial charge on any atom is 0.253 e. The van der Waals surface area contributed by atoms with Crippen molar-refractivity contribution in [2.45, 2.75) is 40.3 Å². The molecule has 3 aromatic rings. The zero-order valence-electron chi connectivity index (χ0n) is 20.0. The standard InChI is InChI=1S/C25H33N3O4S/c1-17(2)14-26-25(29)21-13-23(28(18(21)3)11-6-12-30-4)22-16-33-24(27-22)15-32-20-9-7-19(31-5)8-10-20/h7-10,13,16-17H,6,11-12,14-15H2,1-5H3,(H,26,29). The fraction of sp³-hybridized carbons (Fsp3) is 0.440. The van der Waals surface area contributed by atoms with Crippen LogP contribution in [-0.4, -0.2) is 42.8 Å². The molecule has 3 rings (SSSR count). The minimum absolute atomic E-state index is 0.0498. The quantitative estimate of drug-likeness (QED) is 0.379. The lowest BCUT2D eigenvalue weighted by atomic mass is 10.2. The summed E-state index contributed by atoms with van der Waals surface area (Å²) in [6.07, 6.45) is 0.851. The number of hydrogen-bond donors (Lipinski definition) is 1. The number of ether oxygens (including phenoxy) is 3. The Balaban J connectivity index is 1.79. The molecule has 1 amide bonds. The number of methoxy groups -OCH3 is 2. The van der Waals surface area contributed by atoms with Crippen molar-refractivity contribution >= 4 is 17.2 Å². The van der Waals surface area contributed by atoms with E-state index in [1.807, 2.05) is 42.6 Å². The van der Waals surface area contributed by atoms with Gasteiger partial charge in [-0.1, -0.05) is 13.8 Å². The highest BCUT2D eigenvalue weighted by Crippen LogP contribution is 2.28. The molecule has 33 heavy (non-hydrogen) atoms. The summed E-state index contributed by atoms with van der Waals surface area (Å²) in [5.74, 6) is 1.89. The number of hydrogen-bond acceptors (Lipinski definition) is 6. The first-order chi connectivity index (χ1) is 15.9. The number of carbonyl (C=O) groups is 1. The SMILES string of the molecule is COCCCn1c(-c2csc(COc3ccc(OC)cc3)n2)cc(C(=O)NCC(C)C)c1C. The normalized spacial score (nSPS) is 11.1. The van der Waals surface area contributed by atoms with Crippen LogP contribution in [0.5, 0.6) is 11.5 Å². The van der Waals surface area contributed by atoms with Gasteiger partial charge < -0.3 is 24.1 Å². The molecule has 0 aliphatic rings. The first-order valence-electron chi connectivity index (χ1n) is 11.1. The average molecular weight is 472 g/mol. The van der Waals surface area contributed by atoms with Gasteiger partial charge in [-0.25, -0.2) is 4.98 Å². The Hall–Kier alpha value is -2.84. The summed E-state index contributed by atoms with van der Waals surface area (Å²) in [7, 11) is 3.34. The molecular weight excluding hydrogens is 438 g/mol. The maximum atomic E-state index is 12.8. The van der Waals surface area contributed by atoms with Gasteiger partial charge in [-0.05, 0) is 49.6 Å². The van der Waals surface area contributed by atoms with E-state index in [9.17, 15) is 4.79 Å². The van der Waals surface area contributed by atoms with E-state index in [1.165, 1.54) is 0 Å². The largest absolute Gasteiger partial charge is 0.497 e. The Morgan fingerprint density at radius 1 is 1.18 bits per heavy atom. The smallest absolute Gasteiger partial charge is 0.253 e. The average Bonchev–Trinajstić information content (AvgIpc) is 3.41. The molecule has 2 heterocycles. The summed E-state index contributed by atoms with van der Waals surface area (Å²) in [4.78, 5) is 17.6. The monoisotopic (exact) mass is 471 g/mol. The van der Waals surface area contributed by atoms with Gasteiger partial charge >= 0.3 is 0 Å². The first kappa shape index (κ1) is 24.8. The zero-order chi connectivity index (χ0) is 23.8. The number of carbonyl (C=O) groups excluding carboxylic acids is 1. The van der Waals surface area contributed by atoms with Crippen molar-refractivity contribution in [3.63, 3.8) is 0 Å². The van der Waals surface area contributed by atoms with Crippen molar-refractivity contribution in [3.8, 4) is 22.9 Å². The summed E-state index contributed by atoms with van der Waals surface area (Å²) in [6.45, 7) is 8.58. The molecule has 0 spiro atoms. The van der Waals surface area contributed by atoms with Gasteiger partial charge in [0, 0.05) is 37.9 Å². The Bertz CT molecular complexity index is 1040. The molecule has 0 aliphatic carbocycles. The van der Waals surface area contributed by atoms with E-state index in [0.29, 0.717) is 31.2 Å². The molecule has 7 nitrogen and oxygen atoms in total. The van der Waals surface area contributed by atoms with Gasteiger partial charge in [-0.3, -0.25) is 4.79 Å². The number of aromatic nitrogens is 2. The lowest BCUT2D eigenvalue weighted by molar-refractivity contribution is 0.0948. The Morgan fingerprint density at radius 2 is 1.91 bits per heavy atom. The van der Waals surface area contributed by atoms with Crippen molar-refractivity contribution in [3.05, 3.63) is 52.0 Å². The van der Waals surface area contributed by atoms with E-state index in [2.05, 4.69) is 23.7 Å². The van der Waals surface area contributed by atoms with Gasteiger partial charge in [0.2, 0.25) is 0 Å². The molecule has 0 fully saturated rings. The van der Waals surface area contributed by atoms with Gasteiger partial charge in [-0.15, -0.1) is 11.3 Å². The van der Waals surface area contributed by atoms with Crippen LogP contribution in [0.1, 0.15) is 41.3 Å². The second-order valence-corrected chi connectivity index (χ2v) is 9.16. The first-order valence-corrected chi connectivity index (χ1v) is 12.0. The Morgan fingerprint density at radius 3 is 2.58 bits per heavy atom. The molecule has 0 saturated carbocycles. The summed E-state index contributed by atoms with van der Waals surface area (Å²) in [6, 6.07) is 9.43. The highest BCUT2D eigenvalue weighted by Gasteiger charge is 2.20. The van der Waals surface area contributed by atoms with Crippen LogP contribution in [0.15, 0.2) is 35.7 Å². The van der Waals surface area contributed by atoms with Gasteiger partial charge in [0.25, 0.3) is 5.91 Å². The van der Waals surface area contributed by atoms with Crippen molar-refractivity contribution < 1.29 is 19.0 Å². The highest BCUT2D eigenvalue weighted by atomic mass is 32.1. The molecule has 0 unspecified atom stereocenters. The highest BCUT2D eigenvalue weighted by molar-refractivity contribution is 7.09. The van der Waals surface area contributed by atoms with Crippen LogP contribution < -0.4 is 14.8 Å². The third-order valence-electron chi connectivity index (χ3n) is 5.25. The molecule has 0 aliphatic heterocycles. The van der Waals surface area contributed by atoms with Gasteiger partial charge in [-0.2, -0.15) is 0 Å². The van der Waals surface area contributed by atoms with Crippen LogP contribution in [0.4, 0.5) is 0 Å². The topological polar surface area (TPSA) is 74.6 Å². The number of benzene rings is 1. The molecular formula is C25H33N3O4S. The number of nitrogens with one attached hydrogen (secondary N) is 1. The molecule has 1 aromatic carbocycles. The van der Waals surface area contributed by atoms with E-state index >= 15 is 0 Å². The minimum atomic E-state index is -0.0498. The molecule has 1 N–H and O–H groups in total. The molecule has 0 saturated heterocycles. The summed E-state index contributed by atoms with van der Waals surface area (Å²) in [5.41, 5.74) is 3.40. The Kier molecular flexibility index (Phi) is 8.91. The lowest BCUT2D eigenvalue weighted by Crippen LogP contribution is -2.27. The molecule has 0 atom stereocenters. The molecule has 0 radical (unpaired) electrons. The lowest BCUT2D eigenvalue weighted by Gasteiger charge is -2.11. The third kappa shape index (κ3) is 6.58. The van der Waals surface area contributed by atoms with Crippen LogP contribution in [0.25, 0.3) is 11.4 Å². The molecule has 8 heteroatoms. The van der Waals surface area contributed by atoms with E-state index < -0.39 is 0 Å². The zero-order valence-corrected chi connectivity index (χ0v) is 20.8. The predicted molar refractivity (Wildman–Crippen MR) is 131 cm³/mol. The minimum Gasteiger partial charge on any atom is -0.497 e. The van der Waals surface area contributed by atoms with Crippen molar-refractivity contribution in [1.82, 2.24) is 14.9 Å². The molecule has 178 valence electrons. The van der Waals surface area contributed by atoms with Crippen LogP contribution in [-0.2, 0) is 17.9 Å². The van der Waals surface area contributed by atoms with Crippen LogP contribution >= 0.6 is 11.3 Å².